The summed E-state index contributed by atoms with van der Waals surface area (Å²) in [5.41, 5.74) is 2.25. The number of hydrogen-bond donors (Lipinski definition) is 3. The highest BCUT2D eigenvalue weighted by Gasteiger charge is 2.52. The van der Waals surface area contributed by atoms with Crippen LogP contribution in [0.15, 0.2) is 30.5 Å². The second kappa shape index (κ2) is 15.6. The Morgan fingerprint density at radius 1 is 0.953 bits per heavy atom. The lowest BCUT2D eigenvalue weighted by molar-refractivity contribution is -0.254. The highest BCUT2D eigenvalue weighted by molar-refractivity contribution is 7.80. The van der Waals surface area contributed by atoms with Gasteiger partial charge in [0.05, 0.1) is 0 Å². The van der Waals surface area contributed by atoms with Gasteiger partial charge in [-0.2, -0.15) is 0 Å². The van der Waals surface area contributed by atoms with Crippen molar-refractivity contribution < 1.29 is 42.9 Å². The molecular weight excluding hydrogens is 580 g/mol. The Bertz CT molecular complexity index is 1300. The van der Waals surface area contributed by atoms with E-state index in [1.54, 1.807) is 0 Å². The maximum Gasteiger partial charge on any atom is 0.303 e. The minimum absolute atomic E-state index is 0.0886. The van der Waals surface area contributed by atoms with E-state index in [9.17, 15) is 19.2 Å². The van der Waals surface area contributed by atoms with Gasteiger partial charge in [0.25, 0.3) is 0 Å². The number of aromatic nitrogens is 1. The van der Waals surface area contributed by atoms with E-state index in [0.717, 1.165) is 23.7 Å². The molecule has 6 atom stereocenters. The number of benzene rings is 1. The standard InChI is InChI=1S/C29H40N4O9S/c1-16(34)38-15-24-25(39-17(2)35)26(40-18(3)36)27(41-19(4)37)28(42-24)32-29(43)31-21(14-33(5)6)12-11-20-13-30-23-10-8-7-9-22(20)23/h7-10,13,21,24-28,30H,11-12,14-15H2,1-6H3,(H2,31,32,43)/t21-,24-,25-,26+,27-,28-/m1/s1. The van der Waals surface area contributed by atoms with Gasteiger partial charge in [-0.05, 0) is 50.8 Å². The number of carbonyl (C=O) groups excluding carboxylic acids is 4. The minimum Gasteiger partial charge on any atom is -0.463 e. The molecule has 0 bridgehead atoms. The predicted molar refractivity (Wildman–Crippen MR) is 160 cm³/mol. The summed E-state index contributed by atoms with van der Waals surface area (Å²) in [6, 6.07) is 8.00. The number of fused-ring (bicyclic) bond motifs is 1. The van der Waals surface area contributed by atoms with Crippen LogP contribution in [0.4, 0.5) is 0 Å². The summed E-state index contributed by atoms with van der Waals surface area (Å²) in [6.45, 7) is 5.05. The molecule has 1 aromatic carbocycles. The molecule has 1 aliphatic heterocycles. The van der Waals surface area contributed by atoms with E-state index >= 15 is 0 Å². The number of rotatable bonds is 12. The van der Waals surface area contributed by atoms with Gasteiger partial charge in [0.2, 0.25) is 0 Å². The zero-order chi connectivity index (χ0) is 31.7. The quantitative estimate of drug-likeness (QED) is 0.179. The number of aryl methyl sites for hydroxylation is 1. The van der Waals surface area contributed by atoms with Crippen molar-refractivity contribution in [2.75, 3.05) is 27.2 Å². The van der Waals surface area contributed by atoms with Crippen LogP contribution in [-0.2, 0) is 49.3 Å². The first-order valence-corrected chi connectivity index (χ1v) is 14.3. The van der Waals surface area contributed by atoms with E-state index in [4.69, 9.17) is 35.9 Å². The summed E-state index contributed by atoms with van der Waals surface area (Å²) < 4.78 is 27.6. The molecule has 0 amide bonds. The van der Waals surface area contributed by atoms with Crippen LogP contribution in [0.1, 0.15) is 39.7 Å². The molecule has 43 heavy (non-hydrogen) atoms. The molecule has 236 valence electrons. The Morgan fingerprint density at radius 2 is 1.58 bits per heavy atom. The largest absolute Gasteiger partial charge is 0.463 e. The number of ether oxygens (including phenoxy) is 5. The first-order chi connectivity index (χ1) is 20.3. The normalized spacial score (nSPS) is 22.3. The van der Waals surface area contributed by atoms with E-state index in [1.807, 2.05) is 43.4 Å². The Hall–Kier alpha value is -3.75. The molecule has 3 rings (SSSR count). The fourth-order valence-corrected chi connectivity index (χ4v) is 5.30. The van der Waals surface area contributed by atoms with E-state index in [-0.39, 0.29) is 17.8 Å². The van der Waals surface area contributed by atoms with Gasteiger partial charge in [0.1, 0.15) is 12.7 Å². The predicted octanol–water partition coefficient (Wildman–Crippen LogP) is 1.58. The molecule has 1 aromatic heterocycles. The van der Waals surface area contributed by atoms with Crippen LogP contribution in [0.5, 0.6) is 0 Å². The summed E-state index contributed by atoms with van der Waals surface area (Å²) >= 11 is 5.65. The monoisotopic (exact) mass is 620 g/mol. The van der Waals surface area contributed by atoms with Crippen molar-refractivity contribution in [3.05, 3.63) is 36.0 Å². The highest BCUT2D eigenvalue weighted by Crippen LogP contribution is 2.28. The van der Waals surface area contributed by atoms with Gasteiger partial charge in [-0.15, -0.1) is 0 Å². The Balaban J connectivity index is 1.81. The van der Waals surface area contributed by atoms with Crippen molar-refractivity contribution in [3.63, 3.8) is 0 Å². The van der Waals surface area contributed by atoms with Gasteiger partial charge in [-0.25, -0.2) is 0 Å². The van der Waals surface area contributed by atoms with Crippen molar-refractivity contribution in [3.8, 4) is 0 Å². The number of carbonyl (C=O) groups is 4. The molecule has 0 unspecified atom stereocenters. The number of esters is 4. The minimum atomic E-state index is -1.29. The van der Waals surface area contributed by atoms with Gasteiger partial charge >= 0.3 is 23.9 Å². The second-order valence-electron chi connectivity index (χ2n) is 10.6. The van der Waals surface area contributed by atoms with Crippen molar-refractivity contribution in [1.82, 2.24) is 20.5 Å². The van der Waals surface area contributed by atoms with Crippen LogP contribution >= 0.6 is 12.2 Å². The van der Waals surface area contributed by atoms with Crippen LogP contribution in [-0.4, -0.2) is 103 Å². The maximum atomic E-state index is 12.1. The SMILES string of the molecule is CC(=O)OC[C@H]1O[C@@H](NC(=S)N[C@H](CCc2c[nH]c3ccccc23)CN(C)C)[C@H](OC(C)=O)[C@@H](OC(C)=O)[C@@H]1OC(C)=O. The lowest BCUT2D eigenvalue weighted by Gasteiger charge is -2.44. The van der Waals surface area contributed by atoms with E-state index < -0.39 is 54.5 Å². The highest BCUT2D eigenvalue weighted by atomic mass is 32.1. The van der Waals surface area contributed by atoms with Crippen molar-refractivity contribution in [2.24, 2.45) is 0 Å². The Kier molecular flexibility index (Phi) is 12.3. The summed E-state index contributed by atoms with van der Waals surface area (Å²) in [7, 11) is 3.91. The first-order valence-electron chi connectivity index (χ1n) is 13.9. The summed E-state index contributed by atoms with van der Waals surface area (Å²) in [5.74, 6) is -2.71. The van der Waals surface area contributed by atoms with Gasteiger partial charge < -0.3 is 44.2 Å². The van der Waals surface area contributed by atoms with Crippen LogP contribution in [0.25, 0.3) is 10.9 Å². The van der Waals surface area contributed by atoms with E-state index in [1.165, 1.54) is 33.3 Å². The number of nitrogens with zero attached hydrogens (tertiary/aromatic N) is 1. The third kappa shape index (κ3) is 10.2. The van der Waals surface area contributed by atoms with Gasteiger partial charge in [0.15, 0.2) is 29.7 Å². The summed E-state index contributed by atoms with van der Waals surface area (Å²) in [5, 5.41) is 7.68. The molecule has 0 aliphatic carbocycles. The molecule has 14 heteroatoms. The van der Waals surface area contributed by atoms with Gasteiger partial charge in [-0.1, -0.05) is 18.2 Å². The molecule has 1 saturated heterocycles. The zero-order valence-corrected chi connectivity index (χ0v) is 26.0. The number of H-pyrrole nitrogens is 1. The van der Waals surface area contributed by atoms with Crippen LogP contribution in [0.2, 0.25) is 0 Å². The van der Waals surface area contributed by atoms with E-state index in [2.05, 4.69) is 21.7 Å². The molecule has 2 aromatic rings. The third-order valence-electron chi connectivity index (χ3n) is 6.62. The number of aromatic amines is 1. The molecule has 0 radical (unpaired) electrons. The summed E-state index contributed by atoms with van der Waals surface area (Å²) in [4.78, 5) is 53.1. The Morgan fingerprint density at radius 3 is 2.21 bits per heavy atom. The number of thiocarbonyl (C=S) groups is 1. The third-order valence-corrected chi connectivity index (χ3v) is 6.86. The average Bonchev–Trinajstić information content (AvgIpc) is 3.31. The molecule has 1 aliphatic rings. The molecular formula is C29H40N4O9S. The lowest BCUT2D eigenvalue weighted by Crippen LogP contribution is -2.67. The first kappa shape index (κ1) is 33.7. The van der Waals surface area contributed by atoms with Crippen molar-refractivity contribution in [2.45, 2.75) is 77.2 Å². The fraction of sp³-hybridized carbons (Fsp3) is 0.552. The Labute approximate surface area is 255 Å². The molecule has 3 N–H and O–H groups in total. The zero-order valence-electron chi connectivity index (χ0n) is 25.2. The smallest absolute Gasteiger partial charge is 0.303 e. The van der Waals surface area contributed by atoms with Crippen LogP contribution in [0.3, 0.4) is 0 Å². The summed E-state index contributed by atoms with van der Waals surface area (Å²) in [6.07, 6.45) is -2.53. The number of para-hydroxylation sites is 1. The van der Waals surface area contributed by atoms with Gasteiger partial charge in [0, 0.05) is 57.4 Å². The van der Waals surface area contributed by atoms with Crippen LogP contribution in [0, 0.1) is 0 Å². The number of likely N-dealkylation sites (N-methyl/N-ethyl adjacent to an activating group) is 1. The molecule has 2 heterocycles. The second-order valence-corrected chi connectivity index (χ2v) is 11.0. The number of hydrogen-bond acceptors (Lipinski definition) is 11. The van der Waals surface area contributed by atoms with Gasteiger partial charge in [-0.3, -0.25) is 19.2 Å². The maximum absolute atomic E-state index is 12.1. The lowest BCUT2D eigenvalue weighted by atomic mass is 9.97. The average molecular weight is 621 g/mol. The van der Waals surface area contributed by atoms with Crippen LogP contribution < -0.4 is 10.6 Å². The molecule has 0 saturated carbocycles. The van der Waals surface area contributed by atoms with E-state index in [0.29, 0.717) is 6.54 Å². The topological polar surface area (TPSA) is 158 Å². The fourth-order valence-electron chi connectivity index (χ4n) is 5.02. The van der Waals surface area contributed by atoms with Crippen molar-refractivity contribution >= 4 is 52.1 Å². The molecule has 0 spiro atoms. The number of nitrogens with one attached hydrogen (secondary N) is 3. The molecule has 1 fully saturated rings. The molecule has 13 nitrogen and oxygen atoms in total. The van der Waals surface area contributed by atoms with Crippen molar-refractivity contribution in [1.29, 1.82) is 0 Å².